The van der Waals surface area contributed by atoms with Crippen molar-refractivity contribution in [2.24, 2.45) is 10.9 Å². The SMILES string of the molecule is CCNC(=NCc1ccccc1F)NC(C)C(C)C.I. The molecule has 0 spiro atoms. The van der Waals surface area contributed by atoms with Crippen molar-refractivity contribution in [1.82, 2.24) is 10.6 Å². The van der Waals surface area contributed by atoms with Gasteiger partial charge in [-0.1, -0.05) is 32.0 Å². The van der Waals surface area contributed by atoms with Crippen molar-refractivity contribution in [2.45, 2.75) is 40.3 Å². The van der Waals surface area contributed by atoms with Crippen LogP contribution in [0.15, 0.2) is 29.3 Å². The van der Waals surface area contributed by atoms with E-state index in [2.05, 4.69) is 36.4 Å². The van der Waals surface area contributed by atoms with E-state index in [9.17, 15) is 4.39 Å². The molecule has 1 rings (SSSR count). The van der Waals surface area contributed by atoms with Crippen molar-refractivity contribution in [3.8, 4) is 0 Å². The Kier molecular flexibility index (Phi) is 9.54. The van der Waals surface area contributed by atoms with Crippen LogP contribution in [0.1, 0.15) is 33.3 Å². The van der Waals surface area contributed by atoms with Gasteiger partial charge in [0.25, 0.3) is 0 Å². The molecule has 0 fully saturated rings. The third kappa shape index (κ3) is 6.54. The minimum atomic E-state index is -0.209. The predicted molar refractivity (Wildman–Crippen MR) is 94.1 cm³/mol. The average molecular weight is 393 g/mol. The minimum absolute atomic E-state index is 0. The second-order valence-electron chi connectivity index (χ2n) is 4.96. The maximum Gasteiger partial charge on any atom is 0.191 e. The lowest BCUT2D eigenvalue weighted by atomic mass is 10.1. The van der Waals surface area contributed by atoms with E-state index in [4.69, 9.17) is 0 Å². The first-order chi connectivity index (χ1) is 9.04. The molecule has 20 heavy (non-hydrogen) atoms. The largest absolute Gasteiger partial charge is 0.357 e. The highest BCUT2D eigenvalue weighted by molar-refractivity contribution is 14.0. The molecule has 0 saturated carbocycles. The van der Waals surface area contributed by atoms with Crippen LogP contribution in [0.4, 0.5) is 4.39 Å². The Balaban J connectivity index is 0.00000361. The van der Waals surface area contributed by atoms with E-state index in [1.54, 1.807) is 12.1 Å². The van der Waals surface area contributed by atoms with Gasteiger partial charge in [0.1, 0.15) is 5.82 Å². The van der Waals surface area contributed by atoms with Gasteiger partial charge in [0.2, 0.25) is 0 Å². The summed E-state index contributed by atoms with van der Waals surface area (Å²) in [5.41, 5.74) is 0.608. The number of halogens is 2. The van der Waals surface area contributed by atoms with Crippen LogP contribution < -0.4 is 10.6 Å². The van der Waals surface area contributed by atoms with Crippen molar-refractivity contribution in [3.63, 3.8) is 0 Å². The van der Waals surface area contributed by atoms with Gasteiger partial charge < -0.3 is 10.6 Å². The quantitative estimate of drug-likeness (QED) is 0.456. The number of nitrogens with zero attached hydrogens (tertiary/aromatic N) is 1. The normalized spacial score (nSPS) is 12.8. The molecule has 0 bridgehead atoms. The van der Waals surface area contributed by atoms with E-state index in [1.807, 2.05) is 13.0 Å². The van der Waals surface area contributed by atoms with Crippen molar-refractivity contribution >= 4 is 29.9 Å². The van der Waals surface area contributed by atoms with E-state index < -0.39 is 0 Å². The van der Waals surface area contributed by atoms with Crippen LogP contribution in [0.3, 0.4) is 0 Å². The fourth-order valence-electron chi connectivity index (χ4n) is 1.49. The fourth-order valence-corrected chi connectivity index (χ4v) is 1.49. The fraction of sp³-hybridized carbons (Fsp3) is 0.533. The molecule has 0 saturated heterocycles. The van der Waals surface area contributed by atoms with Crippen LogP contribution in [0.25, 0.3) is 0 Å². The average Bonchev–Trinajstić information content (AvgIpc) is 2.37. The molecule has 0 aliphatic heterocycles. The zero-order valence-electron chi connectivity index (χ0n) is 12.6. The predicted octanol–water partition coefficient (Wildman–Crippen LogP) is 3.54. The highest BCUT2D eigenvalue weighted by atomic mass is 127. The van der Waals surface area contributed by atoms with Gasteiger partial charge in [-0.05, 0) is 25.8 Å². The summed E-state index contributed by atoms with van der Waals surface area (Å²) in [5, 5.41) is 6.50. The second-order valence-corrected chi connectivity index (χ2v) is 4.96. The number of hydrogen-bond donors (Lipinski definition) is 2. The number of benzene rings is 1. The van der Waals surface area contributed by atoms with Crippen molar-refractivity contribution in [1.29, 1.82) is 0 Å². The first kappa shape index (κ1) is 19.1. The maximum atomic E-state index is 13.5. The molecule has 0 aliphatic carbocycles. The van der Waals surface area contributed by atoms with E-state index >= 15 is 0 Å². The van der Waals surface area contributed by atoms with E-state index in [-0.39, 0.29) is 29.8 Å². The smallest absolute Gasteiger partial charge is 0.191 e. The summed E-state index contributed by atoms with van der Waals surface area (Å²) in [4.78, 5) is 4.42. The van der Waals surface area contributed by atoms with Crippen molar-refractivity contribution < 1.29 is 4.39 Å². The molecule has 1 atom stereocenters. The van der Waals surface area contributed by atoms with E-state index in [0.29, 0.717) is 24.1 Å². The first-order valence-electron chi connectivity index (χ1n) is 6.82. The molecule has 1 unspecified atom stereocenters. The summed E-state index contributed by atoms with van der Waals surface area (Å²) in [6, 6.07) is 7.05. The van der Waals surface area contributed by atoms with Gasteiger partial charge in [-0.2, -0.15) is 0 Å². The number of guanidine groups is 1. The molecular formula is C15H25FIN3. The van der Waals surface area contributed by atoms with Crippen molar-refractivity contribution in [2.75, 3.05) is 6.54 Å². The number of aliphatic imine (C=N–C) groups is 1. The van der Waals surface area contributed by atoms with E-state index in [0.717, 1.165) is 12.5 Å². The maximum absolute atomic E-state index is 13.5. The Morgan fingerprint density at radius 2 is 1.90 bits per heavy atom. The van der Waals surface area contributed by atoms with Gasteiger partial charge in [-0.3, -0.25) is 0 Å². The molecule has 1 aromatic rings. The van der Waals surface area contributed by atoms with Crippen molar-refractivity contribution in [3.05, 3.63) is 35.6 Å². The summed E-state index contributed by atoms with van der Waals surface area (Å²) < 4.78 is 13.5. The number of hydrogen-bond acceptors (Lipinski definition) is 1. The summed E-state index contributed by atoms with van der Waals surface area (Å²) in [6.07, 6.45) is 0. The van der Waals surface area contributed by atoms with Crippen LogP contribution in [0.2, 0.25) is 0 Å². The first-order valence-corrected chi connectivity index (χ1v) is 6.82. The Hall–Kier alpha value is -0.850. The molecule has 0 aliphatic rings. The lowest BCUT2D eigenvalue weighted by molar-refractivity contribution is 0.481. The van der Waals surface area contributed by atoms with Gasteiger partial charge >= 0.3 is 0 Å². The Bertz CT molecular complexity index is 421. The molecule has 2 N–H and O–H groups in total. The van der Waals surface area contributed by atoms with E-state index in [1.165, 1.54) is 6.07 Å². The minimum Gasteiger partial charge on any atom is -0.357 e. The second kappa shape index (κ2) is 9.96. The zero-order valence-corrected chi connectivity index (χ0v) is 14.9. The molecule has 0 aromatic heterocycles. The van der Waals surface area contributed by atoms with Crippen LogP contribution in [-0.2, 0) is 6.54 Å². The standard InChI is InChI=1S/C15H24FN3.HI/c1-5-17-15(19-12(4)11(2)3)18-10-13-8-6-7-9-14(13)16;/h6-9,11-12H,5,10H2,1-4H3,(H2,17,18,19);1H. The lowest BCUT2D eigenvalue weighted by Crippen LogP contribution is -2.44. The van der Waals surface area contributed by atoms with Gasteiger partial charge in [-0.25, -0.2) is 9.38 Å². The monoisotopic (exact) mass is 393 g/mol. The third-order valence-corrected chi connectivity index (χ3v) is 3.07. The van der Waals surface area contributed by atoms with Crippen LogP contribution >= 0.6 is 24.0 Å². The molecule has 114 valence electrons. The Labute approximate surface area is 138 Å². The molecular weight excluding hydrogens is 368 g/mol. The summed E-state index contributed by atoms with van der Waals surface area (Å²) in [7, 11) is 0. The van der Waals surface area contributed by atoms with Crippen LogP contribution in [0.5, 0.6) is 0 Å². The molecule has 0 heterocycles. The molecule has 3 nitrogen and oxygen atoms in total. The Morgan fingerprint density at radius 3 is 2.45 bits per heavy atom. The van der Waals surface area contributed by atoms with Crippen LogP contribution in [-0.4, -0.2) is 18.5 Å². The lowest BCUT2D eigenvalue weighted by Gasteiger charge is -2.20. The molecule has 5 heteroatoms. The highest BCUT2D eigenvalue weighted by Crippen LogP contribution is 2.07. The zero-order chi connectivity index (χ0) is 14.3. The molecule has 1 aromatic carbocycles. The highest BCUT2D eigenvalue weighted by Gasteiger charge is 2.09. The topological polar surface area (TPSA) is 36.4 Å². The molecule has 0 amide bonds. The van der Waals surface area contributed by atoms with Gasteiger partial charge in [0.05, 0.1) is 6.54 Å². The Morgan fingerprint density at radius 1 is 1.25 bits per heavy atom. The number of nitrogens with one attached hydrogen (secondary N) is 2. The van der Waals surface area contributed by atoms with Gasteiger partial charge in [0.15, 0.2) is 5.96 Å². The van der Waals surface area contributed by atoms with Crippen LogP contribution in [0, 0.1) is 11.7 Å². The summed E-state index contributed by atoms with van der Waals surface area (Å²) in [5.74, 6) is 1.03. The van der Waals surface area contributed by atoms with Gasteiger partial charge in [0, 0.05) is 18.2 Å². The number of rotatable bonds is 5. The summed E-state index contributed by atoms with van der Waals surface area (Å²) >= 11 is 0. The molecule has 0 radical (unpaired) electrons. The summed E-state index contributed by atoms with van der Waals surface area (Å²) in [6.45, 7) is 9.55. The third-order valence-electron chi connectivity index (χ3n) is 3.07. The van der Waals surface area contributed by atoms with Gasteiger partial charge in [-0.15, -0.1) is 24.0 Å².